The molecule has 0 N–H and O–H groups in total. The second-order valence-corrected chi connectivity index (χ2v) is 7.42. The number of fused-ring (bicyclic) bond motifs is 1. The first-order valence-corrected chi connectivity index (χ1v) is 10.1. The van der Waals surface area contributed by atoms with Crippen molar-refractivity contribution in [2.24, 2.45) is 0 Å². The van der Waals surface area contributed by atoms with Crippen molar-refractivity contribution in [1.29, 1.82) is 0 Å². The lowest BCUT2D eigenvalue weighted by Crippen LogP contribution is -2.39. The molecular weight excluding hydrogens is 424 g/mol. The summed E-state index contributed by atoms with van der Waals surface area (Å²) in [7, 11) is 0. The van der Waals surface area contributed by atoms with Gasteiger partial charge in [-0.2, -0.15) is 0 Å². The number of Topliss-reactive ketones (excluding diaryl/α,β-unsaturated/α-hetero) is 1. The van der Waals surface area contributed by atoms with Gasteiger partial charge in [-0.1, -0.05) is 28.1 Å². The molecule has 4 rings (SSSR count). The van der Waals surface area contributed by atoms with Gasteiger partial charge in [-0.25, -0.2) is 9.50 Å². The smallest absolute Gasteiger partial charge is 0.231 e. The standard InChI is InChI=1S/C20H21BrN4O3/c1-2-28-18-8-7-17-22-19(14-3-5-15(21)6-4-14)20(25(17)23-18)16(26)13-24-9-11-27-12-10-24/h3-8H,2,9-13H2,1H3. The maximum Gasteiger partial charge on any atom is 0.231 e. The van der Waals surface area contributed by atoms with Crippen LogP contribution in [-0.4, -0.2) is 64.7 Å². The second-order valence-electron chi connectivity index (χ2n) is 6.50. The van der Waals surface area contributed by atoms with E-state index < -0.39 is 0 Å². The Labute approximate surface area is 171 Å². The lowest BCUT2D eigenvalue weighted by molar-refractivity contribution is 0.0369. The average molecular weight is 445 g/mol. The molecule has 1 aromatic carbocycles. The van der Waals surface area contributed by atoms with Gasteiger partial charge < -0.3 is 9.47 Å². The fraction of sp³-hybridized carbons (Fsp3) is 0.350. The van der Waals surface area contributed by atoms with E-state index in [1.807, 2.05) is 37.3 Å². The topological polar surface area (TPSA) is 69.0 Å². The number of imidazole rings is 1. The van der Waals surface area contributed by atoms with Crippen molar-refractivity contribution in [2.75, 3.05) is 39.5 Å². The van der Waals surface area contributed by atoms with Crippen LogP contribution in [0.2, 0.25) is 0 Å². The van der Waals surface area contributed by atoms with Gasteiger partial charge in [-0.15, -0.1) is 5.10 Å². The van der Waals surface area contributed by atoms with E-state index in [2.05, 4.69) is 25.9 Å². The zero-order valence-electron chi connectivity index (χ0n) is 15.6. The van der Waals surface area contributed by atoms with E-state index in [1.165, 1.54) is 0 Å². The Bertz CT molecular complexity index is 981. The first-order valence-electron chi connectivity index (χ1n) is 9.27. The number of benzene rings is 1. The SMILES string of the molecule is CCOc1ccc2nc(-c3ccc(Br)cc3)c(C(=O)CN3CCOCC3)n2n1. The van der Waals surface area contributed by atoms with Crippen LogP contribution in [-0.2, 0) is 4.74 Å². The van der Waals surface area contributed by atoms with Crippen molar-refractivity contribution in [3.05, 3.63) is 46.6 Å². The molecule has 0 atom stereocenters. The lowest BCUT2D eigenvalue weighted by atomic mass is 10.1. The van der Waals surface area contributed by atoms with Crippen LogP contribution in [0.3, 0.4) is 0 Å². The van der Waals surface area contributed by atoms with Crippen LogP contribution < -0.4 is 4.74 Å². The average Bonchev–Trinajstić information content (AvgIpc) is 3.08. The molecule has 1 aliphatic heterocycles. The predicted octanol–water partition coefficient (Wildman–Crippen LogP) is 3.07. The van der Waals surface area contributed by atoms with Crippen molar-refractivity contribution in [3.8, 4) is 17.1 Å². The minimum atomic E-state index is -0.0199. The number of carbonyl (C=O) groups excluding carboxylic acids is 1. The van der Waals surface area contributed by atoms with E-state index >= 15 is 0 Å². The molecule has 1 saturated heterocycles. The summed E-state index contributed by atoms with van der Waals surface area (Å²) in [4.78, 5) is 20.1. The summed E-state index contributed by atoms with van der Waals surface area (Å²) in [5.74, 6) is 0.448. The highest BCUT2D eigenvalue weighted by molar-refractivity contribution is 9.10. The number of halogens is 1. The lowest BCUT2D eigenvalue weighted by Gasteiger charge is -2.25. The summed E-state index contributed by atoms with van der Waals surface area (Å²) in [5.41, 5.74) is 2.60. The summed E-state index contributed by atoms with van der Waals surface area (Å²) < 4.78 is 13.5. The molecule has 8 heteroatoms. The molecule has 2 aromatic heterocycles. The number of carbonyl (C=O) groups is 1. The number of rotatable bonds is 6. The van der Waals surface area contributed by atoms with Crippen LogP contribution in [0.5, 0.6) is 5.88 Å². The van der Waals surface area contributed by atoms with Crippen LogP contribution in [0, 0.1) is 0 Å². The first kappa shape index (κ1) is 19.0. The molecule has 0 radical (unpaired) electrons. The highest BCUT2D eigenvalue weighted by atomic mass is 79.9. The molecule has 3 heterocycles. The maximum atomic E-state index is 13.3. The fourth-order valence-electron chi connectivity index (χ4n) is 3.24. The summed E-state index contributed by atoms with van der Waals surface area (Å²) in [5, 5.41) is 4.50. The number of hydrogen-bond donors (Lipinski definition) is 0. The number of morpholine rings is 1. The zero-order valence-corrected chi connectivity index (χ0v) is 17.2. The minimum absolute atomic E-state index is 0.0199. The van der Waals surface area contributed by atoms with E-state index in [1.54, 1.807) is 10.6 Å². The quantitative estimate of drug-likeness (QED) is 0.544. The molecule has 0 amide bonds. The van der Waals surface area contributed by atoms with Gasteiger partial charge in [0.1, 0.15) is 11.4 Å². The number of ether oxygens (including phenoxy) is 2. The van der Waals surface area contributed by atoms with Crippen LogP contribution in [0.15, 0.2) is 40.9 Å². The fourth-order valence-corrected chi connectivity index (χ4v) is 3.50. The van der Waals surface area contributed by atoms with Crippen molar-refractivity contribution < 1.29 is 14.3 Å². The highest BCUT2D eigenvalue weighted by Gasteiger charge is 2.24. The number of ketones is 1. The second kappa shape index (κ2) is 8.38. The molecule has 0 bridgehead atoms. The Morgan fingerprint density at radius 3 is 2.64 bits per heavy atom. The van der Waals surface area contributed by atoms with Crippen molar-refractivity contribution in [2.45, 2.75) is 6.92 Å². The van der Waals surface area contributed by atoms with Crippen molar-refractivity contribution >= 4 is 27.4 Å². The van der Waals surface area contributed by atoms with Crippen LogP contribution >= 0.6 is 15.9 Å². The van der Waals surface area contributed by atoms with Crippen molar-refractivity contribution in [1.82, 2.24) is 19.5 Å². The molecule has 146 valence electrons. The highest BCUT2D eigenvalue weighted by Crippen LogP contribution is 2.27. The Balaban J connectivity index is 1.79. The zero-order chi connectivity index (χ0) is 19.5. The van der Waals surface area contributed by atoms with Crippen LogP contribution in [0.4, 0.5) is 0 Å². The predicted molar refractivity (Wildman–Crippen MR) is 109 cm³/mol. The Morgan fingerprint density at radius 2 is 1.93 bits per heavy atom. The summed E-state index contributed by atoms with van der Waals surface area (Å²) >= 11 is 3.45. The molecule has 0 saturated carbocycles. The van der Waals surface area contributed by atoms with E-state index in [0.29, 0.717) is 49.3 Å². The van der Waals surface area contributed by atoms with E-state index in [9.17, 15) is 4.79 Å². The Hall–Kier alpha value is -2.29. The largest absolute Gasteiger partial charge is 0.477 e. The van der Waals surface area contributed by atoms with E-state index in [-0.39, 0.29) is 5.78 Å². The van der Waals surface area contributed by atoms with Crippen LogP contribution in [0.1, 0.15) is 17.4 Å². The first-order chi connectivity index (χ1) is 13.7. The third-order valence-electron chi connectivity index (χ3n) is 4.60. The van der Waals surface area contributed by atoms with Gasteiger partial charge in [0, 0.05) is 29.2 Å². The Kier molecular flexibility index (Phi) is 5.70. The molecule has 3 aromatic rings. The molecule has 1 fully saturated rings. The van der Waals surface area contributed by atoms with Gasteiger partial charge in [-0.05, 0) is 25.1 Å². The molecule has 7 nitrogen and oxygen atoms in total. The number of aromatic nitrogens is 3. The van der Waals surface area contributed by atoms with E-state index in [4.69, 9.17) is 14.5 Å². The van der Waals surface area contributed by atoms with Crippen molar-refractivity contribution in [3.63, 3.8) is 0 Å². The summed E-state index contributed by atoms with van der Waals surface area (Å²) in [6.45, 7) is 5.49. The molecule has 0 spiro atoms. The minimum Gasteiger partial charge on any atom is -0.477 e. The van der Waals surface area contributed by atoms with Gasteiger partial charge in [0.2, 0.25) is 5.88 Å². The van der Waals surface area contributed by atoms with Gasteiger partial charge in [0.15, 0.2) is 11.4 Å². The molecule has 1 aliphatic rings. The summed E-state index contributed by atoms with van der Waals surface area (Å²) in [6.07, 6.45) is 0. The third-order valence-corrected chi connectivity index (χ3v) is 5.13. The van der Waals surface area contributed by atoms with Crippen LogP contribution in [0.25, 0.3) is 16.9 Å². The molecular formula is C20H21BrN4O3. The van der Waals surface area contributed by atoms with Gasteiger partial charge >= 0.3 is 0 Å². The van der Waals surface area contributed by atoms with Gasteiger partial charge in [0.05, 0.1) is 26.4 Å². The molecule has 28 heavy (non-hydrogen) atoms. The summed E-state index contributed by atoms with van der Waals surface area (Å²) in [6, 6.07) is 11.4. The number of hydrogen-bond acceptors (Lipinski definition) is 6. The third kappa shape index (κ3) is 3.94. The van der Waals surface area contributed by atoms with Gasteiger partial charge in [0.25, 0.3) is 0 Å². The maximum absolute atomic E-state index is 13.3. The normalized spacial score (nSPS) is 15.1. The monoisotopic (exact) mass is 444 g/mol. The number of nitrogens with zero attached hydrogens (tertiary/aromatic N) is 4. The van der Waals surface area contributed by atoms with Gasteiger partial charge in [-0.3, -0.25) is 9.69 Å². The van der Waals surface area contributed by atoms with E-state index in [0.717, 1.165) is 23.1 Å². The molecule has 0 aliphatic carbocycles. The Morgan fingerprint density at radius 1 is 1.18 bits per heavy atom. The molecule has 0 unspecified atom stereocenters.